The van der Waals surface area contributed by atoms with Crippen molar-refractivity contribution in [2.75, 3.05) is 18.0 Å². The third-order valence-electron chi connectivity index (χ3n) is 4.33. The molecule has 0 radical (unpaired) electrons. The number of anilines is 1. The molecule has 1 unspecified atom stereocenters. The van der Waals surface area contributed by atoms with Gasteiger partial charge < -0.3 is 4.90 Å². The van der Waals surface area contributed by atoms with Crippen LogP contribution in [-0.2, 0) is 0 Å². The molecule has 0 saturated carbocycles. The Bertz CT molecular complexity index is 729. The van der Waals surface area contributed by atoms with Crippen molar-refractivity contribution in [2.24, 2.45) is 0 Å². The molecule has 0 bridgehead atoms. The van der Waals surface area contributed by atoms with E-state index in [9.17, 15) is 10.1 Å². The first-order valence-electron chi connectivity index (χ1n) is 8.03. The molecule has 2 aromatic carbocycles. The van der Waals surface area contributed by atoms with Crippen LogP contribution in [0.1, 0.15) is 24.3 Å². The van der Waals surface area contributed by atoms with Crippen molar-refractivity contribution in [3.8, 4) is 0 Å². The molecule has 1 aliphatic heterocycles. The van der Waals surface area contributed by atoms with Gasteiger partial charge in [-0.1, -0.05) is 41.9 Å². The first-order chi connectivity index (χ1) is 11.6. The van der Waals surface area contributed by atoms with E-state index >= 15 is 0 Å². The summed E-state index contributed by atoms with van der Waals surface area (Å²) in [5, 5.41) is 11.8. The van der Waals surface area contributed by atoms with E-state index in [0.29, 0.717) is 5.02 Å². The molecule has 4 nitrogen and oxygen atoms in total. The van der Waals surface area contributed by atoms with Crippen LogP contribution >= 0.6 is 11.6 Å². The fourth-order valence-electron chi connectivity index (χ4n) is 3.15. The Kier molecular flexibility index (Phi) is 5.16. The highest BCUT2D eigenvalue weighted by Crippen LogP contribution is 2.33. The second-order valence-electron chi connectivity index (χ2n) is 5.96. The van der Waals surface area contributed by atoms with Crippen LogP contribution in [0.25, 0.3) is 0 Å². The lowest BCUT2D eigenvalue weighted by Gasteiger charge is -2.29. The minimum atomic E-state index is -0.235. The molecule has 3 rings (SSSR count). The van der Waals surface area contributed by atoms with E-state index in [2.05, 4.69) is 23.2 Å². The highest BCUT2D eigenvalue weighted by atomic mass is 35.5. The molecule has 24 heavy (non-hydrogen) atoms. The molecule has 0 saturated heterocycles. The molecule has 0 aliphatic carbocycles. The number of hydrogen-bond donors (Lipinski definition) is 0. The van der Waals surface area contributed by atoms with Crippen LogP contribution in [0.4, 0.5) is 5.69 Å². The average molecular weight is 343 g/mol. The fourth-order valence-corrected chi connectivity index (χ4v) is 3.28. The summed E-state index contributed by atoms with van der Waals surface area (Å²) in [6, 6.07) is 17.5. The first-order valence-corrected chi connectivity index (χ1v) is 8.41. The second-order valence-corrected chi connectivity index (χ2v) is 6.39. The number of para-hydroxylation sites is 1. The average Bonchev–Trinajstić information content (AvgIpc) is 2.61. The third kappa shape index (κ3) is 3.95. The van der Waals surface area contributed by atoms with Crippen LogP contribution in [0.15, 0.2) is 66.4 Å². The molecule has 1 atom stereocenters. The van der Waals surface area contributed by atoms with Gasteiger partial charge in [-0.2, -0.15) is 0 Å². The maximum Gasteiger partial charge on any atom is 0.214 e. The normalized spacial score (nSPS) is 15.7. The largest absolute Gasteiger partial charge is 0.348 e. The molecule has 5 heteroatoms. The molecule has 0 aromatic heterocycles. The predicted molar refractivity (Wildman–Crippen MR) is 97.2 cm³/mol. The molecule has 124 valence electrons. The molecule has 1 heterocycles. The molecule has 0 fully saturated rings. The molecule has 2 aromatic rings. The standard InChI is InChI=1S/C19H19ClN2O2/c20-17-10-8-15(9-11-17)19(14-22(23)24)16-5-4-12-21(13-16)18-6-2-1-3-7-18/h1-3,6-11,13,19H,4-5,12,14H2. The molecular weight excluding hydrogens is 324 g/mol. The number of benzene rings is 2. The smallest absolute Gasteiger partial charge is 0.214 e. The van der Waals surface area contributed by atoms with Gasteiger partial charge in [-0.3, -0.25) is 10.1 Å². The number of hydrogen-bond acceptors (Lipinski definition) is 3. The van der Waals surface area contributed by atoms with Gasteiger partial charge in [0.1, 0.15) is 0 Å². The zero-order valence-electron chi connectivity index (χ0n) is 13.3. The van der Waals surface area contributed by atoms with Gasteiger partial charge in [0, 0.05) is 28.4 Å². The second kappa shape index (κ2) is 7.49. The zero-order valence-corrected chi connectivity index (χ0v) is 14.0. The van der Waals surface area contributed by atoms with Gasteiger partial charge in [0.05, 0.1) is 5.92 Å². The molecular formula is C19H19ClN2O2. The molecule has 0 amide bonds. The highest BCUT2D eigenvalue weighted by molar-refractivity contribution is 6.30. The van der Waals surface area contributed by atoms with E-state index in [1.54, 1.807) is 12.1 Å². The Hall–Kier alpha value is -2.33. The van der Waals surface area contributed by atoms with E-state index in [-0.39, 0.29) is 17.4 Å². The predicted octanol–water partition coefficient (Wildman–Crippen LogP) is 4.88. The summed E-state index contributed by atoms with van der Waals surface area (Å²) in [7, 11) is 0. The van der Waals surface area contributed by atoms with Crippen LogP contribution < -0.4 is 4.90 Å². The maximum atomic E-state index is 11.2. The Labute approximate surface area is 146 Å². The van der Waals surface area contributed by atoms with E-state index in [4.69, 9.17) is 11.6 Å². The number of nitro groups is 1. The molecule has 0 spiro atoms. The highest BCUT2D eigenvalue weighted by Gasteiger charge is 2.25. The van der Waals surface area contributed by atoms with Crippen molar-refractivity contribution in [3.05, 3.63) is 87.1 Å². The summed E-state index contributed by atoms with van der Waals surface area (Å²) in [5.74, 6) is -0.219. The lowest BCUT2D eigenvalue weighted by Crippen LogP contribution is -2.26. The number of rotatable bonds is 5. The van der Waals surface area contributed by atoms with Gasteiger partial charge in [0.25, 0.3) is 0 Å². The van der Waals surface area contributed by atoms with Crippen molar-refractivity contribution in [1.29, 1.82) is 0 Å². The van der Waals surface area contributed by atoms with E-state index in [0.717, 1.165) is 36.2 Å². The van der Waals surface area contributed by atoms with Crippen molar-refractivity contribution in [1.82, 2.24) is 0 Å². The van der Waals surface area contributed by atoms with Gasteiger partial charge in [0.15, 0.2) is 0 Å². The summed E-state index contributed by atoms with van der Waals surface area (Å²) in [4.78, 5) is 13.1. The van der Waals surface area contributed by atoms with Crippen molar-refractivity contribution < 1.29 is 4.92 Å². The van der Waals surface area contributed by atoms with E-state index < -0.39 is 0 Å². The van der Waals surface area contributed by atoms with Gasteiger partial charge >= 0.3 is 0 Å². The number of halogens is 1. The SMILES string of the molecule is O=[N+]([O-])CC(C1=CN(c2ccccc2)CCC1)c1ccc(Cl)cc1. The van der Waals surface area contributed by atoms with E-state index in [1.807, 2.05) is 30.3 Å². The van der Waals surface area contributed by atoms with Crippen molar-refractivity contribution in [3.63, 3.8) is 0 Å². The summed E-state index contributed by atoms with van der Waals surface area (Å²) in [6.07, 6.45) is 3.95. The molecule has 1 aliphatic rings. The van der Waals surface area contributed by atoms with Crippen LogP contribution in [0.5, 0.6) is 0 Å². The Morgan fingerprint density at radius 2 is 1.83 bits per heavy atom. The van der Waals surface area contributed by atoms with Gasteiger partial charge in [-0.05, 0) is 48.2 Å². The minimum Gasteiger partial charge on any atom is -0.348 e. The van der Waals surface area contributed by atoms with Gasteiger partial charge in [-0.25, -0.2) is 0 Å². The summed E-state index contributed by atoms with van der Waals surface area (Å²) < 4.78 is 0. The lowest BCUT2D eigenvalue weighted by atomic mass is 9.87. The van der Waals surface area contributed by atoms with Crippen LogP contribution in [0.2, 0.25) is 5.02 Å². The molecule has 0 N–H and O–H groups in total. The van der Waals surface area contributed by atoms with Crippen LogP contribution in [0, 0.1) is 10.1 Å². The maximum absolute atomic E-state index is 11.2. The Balaban J connectivity index is 1.92. The van der Waals surface area contributed by atoms with Gasteiger partial charge in [0.2, 0.25) is 6.54 Å². The zero-order chi connectivity index (χ0) is 16.9. The van der Waals surface area contributed by atoms with Crippen LogP contribution in [-0.4, -0.2) is 18.0 Å². The monoisotopic (exact) mass is 342 g/mol. The fraction of sp³-hybridized carbons (Fsp3) is 0.263. The summed E-state index contributed by atoms with van der Waals surface area (Å²) in [5.41, 5.74) is 3.16. The third-order valence-corrected chi connectivity index (χ3v) is 4.58. The first kappa shape index (κ1) is 16.5. The summed E-state index contributed by atoms with van der Waals surface area (Å²) in [6.45, 7) is 0.829. The summed E-state index contributed by atoms with van der Waals surface area (Å²) >= 11 is 5.95. The Morgan fingerprint density at radius 3 is 2.50 bits per heavy atom. The van der Waals surface area contributed by atoms with Crippen LogP contribution in [0.3, 0.4) is 0 Å². The topological polar surface area (TPSA) is 46.4 Å². The lowest BCUT2D eigenvalue weighted by molar-refractivity contribution is -0.482. The Morgan fingerprint density at radius 1 is 1.12 bits per heavy atom. The van der Waals surface area contributed by atoms with E-state index in [1.165, 1.54) is 0 Å². The van der Waals surface area contributed by atoms with Crippen molar-refractivity contribution >= 4 is 17.3 Å². The van der Waals surface area contributed by atoms with Crippen molar-refractivity contribution in [2.45, 2.75) is 18.8 Å². The number of nitrogens with zero attached hydrogens (tertiary/aromatic N) is 2. The minimum absolute atomic E-state index is 0.101. The van der Waals surface area contributed by atoms with Gasteiger partial charge in [-0.15, -0.1) is 0 Å². The quantitative estimate of drug-likeness (QED) is 0.574.